The van der Waals surface area contributed by atoms with E-state index in [0.29, 0.717) is 13.0 Å². The van der Waals surface area contributed by atoms with E-state index in [-0.39, 0.29) is 5.97 Å². The summed E-state index contributed by atoms with van der Waals surface area (Å²) in [6.07, 6.45) is 5.14. The van der Waals surface area contributed by atoms with Gasteiger partial charge in [0.15, 0.2) is 0 Å². The fraction of sp³-hybridized carbons (Fsp3) is 0.900. The predicted octanol–water partition coefficient (Wildman–Crippen LogP) is 0.658. The van der Waals surface area contributed by atoms with Gasteiger partial charge in [0.25, 0.3) is 0 Å². The molecule has 0 fully saturated rings. The highest BCUT2D eigenvalue weighted by Gasteiger charge is 1.97. The van der Waals surface area contributed by atoms with Crippen molar-refractivity contribution in [2.24, 2.45) is 5.73 Å². The first-order valence-corrected chi connectivity index (χ1v) is 5.29. The van der Waals surface area contributed by atoms with Crippen molar-refractivity contribution in [2.45, 2.75) is 32.1 Å². The minimum absolute atomic E-state index is 0.152. The van der Waals surface area contributed by atoms with Crippen molar-refractivity contribution < 1.29 is 9.53 Å². The van der Waals surface area contributed by atoms with Crippen molar-refractivity contribution >= 4 is 5.97 Å². The van der Waals surface area contributed by atoms with E-state index in [1.54, 1.807) is 0 Å². The van der Waals surface area contributed by atoms with Crippen LogP contribution < -0.4 is 11.1 Å². The number of hydrogen-bond donors (Lipinski definition) is 2. The number of hydrogen-bond acceptors (Lipinski definition) is 4. The van der Waals surface area contributed by atoms with Crippen LogP contribution in [0.15, 0.2) is 0 Å². The molecule has 0 amide bonds. The largest absolute Gasteiger partial charge is 0.469 e. The number of nitrogens with two attached hydrogens (primary N) is 1. The van der Waals surface area contributed by atoms with Gasteiger partial charge in [-0.15, -0.1) is 0 Å². The minimum atomic E-state index is -0.152. The summed E-state index contributed by atoms with van der Waals surface area (Å²) in [6, 6.07) is 0. The van der Waals surface area contributed by atoms with Crippen molar-refractivity contribution in [3.05, 3.63) is 0 Å². The summed E-state index contributed by atoms with van der Waals surface area (Å²) in [5.74, 6) is -0.152. The molecule has 0 aliphatic heterocycles. The second-order valence-electron chi connectivity index (χ2n) is 3.28. The average molecular weight is 202 g/mol. The maximum atomic E-state index is 10.7. The lowest BCUT2D eigenvalue weighted by Crippen LogP contribution is -2.19. The molecule has 0 unspecified atom stereocenters. The molecule has 4 nitrogen and oxygen atoms in total. The summed E-state index contributed by atoms with van der Waals surface area (Å²) in [5.41, 5.74) is 5.37. The third-order valence-electron chi connectivity index (χ3n) is 2.04. The van der Waals surface area contributed by atoms with E-state index in [2.05, 4.69) is 10.1 Å². The Morgan fingerprint density at radius 2 is 1.93 bits per heavy atom. The number of nitrogens with one attached hydrogen (secondary N) is 1. The highest BCUT2D eigenvalue weighted by Crippen LogP contribution is 1.96. The molecule has 3 N–H and O–H groups in total. The normalized spacial score (nSPS) is 10.1. The van der Waals surface area contributed by atoms with Crippen molar-refractivity contribution in [2.75, 3.05) is 26.7 Å². The van der Waals surface area contributed by atoms with Gasteiger partial charge in [-0.3, -0.25) is 4.79 Å². The fourth-order valence-corrected chi connectivity index (χ4v) is 1.17. The summed E-state index contributed by atoms with van der Waals surface area (Å²) >= 11 is 0. The molecular formula is C10H22N2O2. The van der Waals surface area contributed by atoms with E-state index in [4.69, 9.17) is 5.73 Å². The van der Waals surface area contributed by atoms with E-state index in [0.717, 1.165) is 25.9 Å². The van der Waals surface area contributed by atoms with Crippen LogP contribution in [-0.2, 0) is 9.53 Å². The highest BCUT2D eigenvalue weighted by atomic mass is 16.5. The number of esters is 1. The van der Waals surface area contributed by atoms with Gasteiger partial charge >= 0.3 is 5.97 Å². The quantitative estimate of drug-likeness (QED) is 0.426. The topological polar surface area (TPSA) is 64.3 Å². The number of methoxy groups -OCH3 is 1. The van der Waals surface area contributed by atoms with Gasteiger partial charge in [0.2, 0.25) is 0 Å². The Kier molecular flexibility index (Phi) is 10.0. The van der Waals surface area contributed by atoms with Crippen LogP contribution >= 0.6 is 0 Å². The predicted molar refractivity (Wildman–Crippen MR) is 57.0 cm³/mol. The Morgan fingerprint density at radius 1 is 1.21 bits per heavy atom. The number of carbonyl (C=O) groups excluding carboxylic acids is 1. The maximum absolute atomic E-state index is 10.7. The van der Waals surface area contributed by atoms with Gasteiger partial charge < -0.3 is 15.8 Å². The van der Waals surface area contributed by atoms with E-state index in [9.17, 15) is 4.79 Å². The second kappa shape index (κ2) is 10.5. The van der Waals surface area contributed by atoms with E-state index in [1.165, 1.54) is 20.0 Å². The third-order valence-corrected chi connectivity index (χ3v) is 2.04. The van der Waals surface area contributed by atoms with Crippen LogP contribution in [-0.4, -0.2) is 32.7 Å². The zero-order valence-electron chi connectivity index (χ0n) is 9.05. The third kappa shape index (κ3) is 9.48. The number of ether oxygens (including phenoxy) is 1. The Bertz CT molecular complexity index is 140. The fourth-order valence-electron chi connectivity index (χ4n) is 1.17. The second-order valence-corrected chi connectivity index (χ2v) is 3.28. The van der Waals surface area contributed by atoms with Gasteiger partial charge in [-0.05, 0) is 25.9 Å². The van der Waals surface area contributed by atoms with E-state index < -0.39 is 0 Å². The zero-order chi connectivity index (χ0) is 10.6. The summed E-state index contributed by atoms with van der Waals surface area (Å²) in [6.45, 7) is 2.47. The minimum Gasteiger partial charge on any atom is -0.469 e. The molecule has 0 aromatic carbocycles. The van der Waals surface area contributed by atoms with Gasteiger partial charge in [0.05, 0.1) is 13.5 Å². The lowest BCUT2D eigenvalue weighted by molar-refractivity contribution is -0.140. The molecular weight excluding hydrogens is 180 g/mol. The summed E-state index contributed by atoms with van der Waals surface area (Å²) in [4.78, 5) is 10.7. The van der Waals surface area contributed by atoms with Gasteiger partial charge in [0.1, 0.15) is 0 Å². The van der Waals surface area contributed by atoms with Crippen LogP contribution in [0.4, 0.5) is 0 Å². The highest BCUT2D eigenvalue weighted by molar-refractivity contribution is 5.69. The summed E-state index contributed by atoms with van der Waals surface area (Å²) in [5, 5.41) is 3.20. The van der Waals surface area contributed by atoms with Crippen LogP contribution in [0.25, 0.3) is 0 Å². The molecule has 0 rings (SSSR count). The molecule has 0 aromatic rings. The van der Waals surface area contributed by atoms with Crippen molar-refractivity contribution in [1.29, 1.82) is 0 Å². The van der Waals surface area contributed by atoms with Gasteiger partial charge in [-0.2, -0.15) is 0 Å². The molecule has 4 heteroatoms. The lowest BCUT2D eigenvalue weighted by Gasteiger charge is -2.03. The average Bonchev–Trinajstić information content (AvgIpc) is 2.21. The van der Waals surface area contributed by atoms with Gasteiger partial charge in [-0.25, -0.2) is 0 Å². The molecule has 0 aliphatic rings. The maximum Gasteiger partial charge on any atom is 0.306 e. The van der Waals surface area contributed by atoms with Crippen LogP contribution in [0.2, 0.25) is 0 Å². The Labute approximate surface area is 86.2 Å². The van der Waals surface area contributed by atoms with Gasteiger partial charge in [0, 0.05) is 6.54 Å². The smallest absolute Gasteiger partial charge is 0.306 e. The number of unbranched alkanes of at least 4 members (excludes halogenated alkanes) is 3. The zero-order valence-corrected chi connectivity index (χ0v) is 9.05. The van der Waals surface area contributed by atoms with Crippen LogP contribution in [0.1, 0.15) is 32.1 Å². The van der Waals surface area contributed by atoms with Crippen molar-refractivity contribution in [1.82, 2.24) is 5.32 Å². The summed E-state index contributed by atoms with van der Waals surface area (Å²) in [7, 11) is 1.41. The molecule has 0 radical (unpaired) electrons. The molecule has 0 bridgehead atoms. The SMILES string of the molecule is COC(=O)CCNCCCCCCN. The molecule has 0 aliphatic carbocycles. The van der Waals surface area contributed by atoms with Crippen LogP contribution in [0.5, 0.6) is 0 Å². The monoisotopic (exact) mass is 202 g/mol. The molecule has 0 spiro atoms. The van der Waals surface area contributed by atoms with E-state index in [1.807, 2.05) is 0 Å². The van der Waals surface area contributed by atoms with Gasteiger partial charge in [-0.1, -0.05) is 12.8 Å². The first-order valence-electron chi connectivity index (χ1n) is 5.29. The van der Waals surface area contributed by atoms with Crippen LogP contribution in [0, 0.1) is 0 Å². The Balaban J connectivity index is 2.95. The molecule has 0 aromatic heterocycles. The first kappa shape index (κ1) is 13.4. The Hall–Kier alpha value is -0.610. The molecule has 0 heterocycles. The molecule has 84 valence electrons. The first-order chi connectivity index (χ1) is 6.81. The molecule has 0 saturated heterocycles. The Morgan fingerprint density at radius 3 is 2.57 bits per heavy atom. The molecule has 0 saturated carbocycles. The molecule has 14 heavy (non-hydrogen) atoms. The van der Waals surface area contributed by atoms with Crippen molar-refractivity contribution in [3.8, 4) is 0 Å². The lowest BCUT2D eigenvalue weighted by atomic mass is 10.2. The number of rotatable bonds is 9. The van der Waals surface area contributed by atoms with Crippen molar-refractivity contribution in [3.63, 3.8) is 0 Å². The summed E-state index contributed by atoms with van der Waals surface area (Å²) < 4.78 is 4.52. The standard InChI is InChI=1S/C10H22N2O2/c1-14-10(13)6-9-12-8-5-3-2-4-7-11/h12H,2-9,11H2,1H3. The van der Waals surface area contributed by atoms with E-state index >= 15 is 0 Å². The number of carbonyl (C=O) groups is 1. The van der Waals surface area contributed by atoms with Crippen LogP contribution in [0.3, 0.4) is 0 Å². The molecule has 0 atom stereocenters.